The number of carbonyl (C=O) groups is 1. The number of amides is 1. The fourth-order valence-corrected chi connectivity index (χ4v) is 2.40. The van der Waals surface area contributed by atoms with Gasteiger partial charge >= 0.3 is 0 Å². The largest absolute Gasteiger partial charge is 0.494 e. The van der Waals surface area contributed by atoms with Gasteiger partial charge in [0.1, 0.15) is 5.75 Å². The third-order valence-corrected chi connectivity index (χ3v) is 3.23. The van der Waals surface area contributed by atoms with Crippen molar-refractivity contribution in [2.75, 3.05) is 11.5 Å². The fourth-order valence-electron chi connectivity index (χ4n) is 2.40. The number of nitrogens with zero attached hydrogens (tertiary/aromatic N) is 1. The Bertz CT molecular complexity index is 604. The van der Waals surface area contributed by atoms with Gasteiger partial charge in [0.15, 0.2) is 0 Å². The number of benzene rings is 2. The van der Waals surface area contributed by atoms with Crippen molar-refractivity contribution >= 4 is 17.3 Å². The number of hydrogen-bond donors (Lipinski definition) is 0. The third-order valence-electron chi connectivity index (χ3n) is 3.23. The van der Waals surface area contributed by atoms with E-state index in [0.717, 1.165) is 22.7 Å². The van der Waals surface area contributed by atoms with Crippen LogP contribution in [-0.2, 0) is 11.2 Å². The van der Waals surface area contributed by atoms with E-state index >= 15 is 0 Å². The molecule has 0 bridgehead atoms. The number of anilines is 2. The van der Waals surface area contributed by atoms with Crippen LogP contribution < -0.4 is 9.64 Å². The molecular formula is C16H15NO2. The summed E-state index contributed by atoms with van der Waals surface area (Å²) in [6, 6.07) is 15.5. The molecule has 1 heterocycles. The molecule has 1 amide bonds. The Kier molecular flexibility index (Phi) is 2.95. The van der Waals surface area contributed by atoms with Crippen molar-refractivity contribution in [1.82, 2.24) is 0 Å². The van der Waals surface area contributed by atoms with Gasteiger partial charge in [-0.05, 0) is 42.8 Å². The van der Waals surface area contributed by atoms with Crippen LogP contribution in [0.15, 0.2) is 48.5 Å². The van der Waals surface area contributed by atoms with Gasteiger partial charge < -0.3 is 4.74 Å². The molecule has 2 aromatic carbocycles. The van der Waals surface area contributed by atoms with Gasteiger partial charge in [0.05, 0.1) is 18.7 Å². The lowest BCUT2D eigenvalue weighted by Crippen LogP contribution is -2.20. The second kappa shape index (κ2) is 4.76. The van der Waals surface area contributed by atoms with Crippen LogP contribution in [0, 0.1) is 0 Å². The minimum atomic E-state index is 0.116. The Morgan fingerprint density at radius 2 is 1.84 bits per heavy atom. The average molecular weight is 253 g/mol. The molecule has 1 aliphatic heterocycles. The minimum absolute atomic E-state index is 0.116. The van der Waals surface area contributed by atoms with Gasteiger partial charge in [0.25, 0.3) is 0 Å². The zero-order chi connectivity index (χ0) is 13.2. The first-order valence-corrected chi connectivity index (χ1v) is 6.43. The van der Waals surface area contributed by atoms with Crippen LogP contribution in [0.3, 0.4) is 0 Å². The minimum Gasteiger partial charge on any atom is -0.494 e. The van der Waals surface area contributed by atoms with Crippen molar-refractivity contribution in [3.8, 4) is 5.75 Å². The van der Waals surface area contributed by atoms with Crippen molar-refractivity contribution in [2.24, 2.45) is 0 Å². The van der Waals surface area contributed by atoms with E-state index in [1.165, 1.54) is 0 Å². The molecule has 96 valence electrons. The Hall–Kier alpha value is -2.29. The molecule has 3 rings (SSSR count). The predicted octanol–water partition coefficient (Wildman–Crippen LogP) is 3.31. The lowest BCUT2D eigenvalue weighted by molar-refractivity contribution is -0.116. The molecule has 0 atom stereocenters. The van der Waals surface area contributed by atoms with E-state index in [-0.39, 0.29) is 5.91 Å². The maximum absolute atomic E-state index is 12.1. The topological polar surface area (TPSA) is 29.5 Å². The molecule has 1 aliphatic rings. The number of fused-ring (bicyclic) bond motifs is 1. The number of ether oxygens (including phenoxy) is 1. The predicted molar refractivity (Wildman–Crippen MR) is 74.9 cm³/mol. The lowest BCUT2D eigenvalue weighted by Gasteiger charge is -2.17. The highest BCUT2D eigenvalue weighted by Gasteiger charge is 2.27. The summed E-state index contributed by atoms with van der Waals surface area (Å²) in [5.41, 5.74) is 2.96. The van der Waals surface area contributed by atoms with Crippen LogP contribution >= 0.6 is 0 Å². The molecule has 0 saturated carbocycles. The number of carbonyl (C=O) groups excluding carboxylic acids is 1. The average Bonchev–Trinajstić information content (AvgIpc) is 2.76. The van der Waals surface area contributed by atoms with Crippen LogP contribution in [0.4, 0.5) is 11.4 Å². The molecule has 0 aromatic heterocycles. The molecule has 0 radical (unpaired) electrons. The van der Waals surface area contributed by atoms with Crippen molar-refractivity contribution in [3.63, 3.8) is 0 Å². The number of para-hydroxylation sites is 1. The number of hydrogen-bond acceptors (Lipinski definition) is 2. The molecule has 0 spiro atoms. The standard InChI is InChI=1S/C16H15NO2/c1-2-19-14-9-7-13(8-10-14)17-15-6-4-3-5-12(15)11-16(17)18/h3-10H,2,11H2,1H3. The molecule has 19 heavy (non-hydrogen) atoms. The van der Waals surface area contributed by atoms with E-state index in [4.69, 9.17) is 4.74 Å². The smallest absolute Gasteiger partial charge is 0.236 e. The van der Waals surface area contributed by atoms with E-state index in [2.05, 4.69) is 0 Å². The first-order chi connectivity index (χ1) is 9.29. The summed E-state index contributed by atoms with van der Waals surface area (Å²) in [4.78, 5) is 13.9. The highest BCUT2D eigenvalue weighted by molar-refractivity contribution is 6.07. The monoisotopic (exact) mass is 253 g/mol. The van der Waals surface area contributed by atoms with E-state index in [0.29, 0.717) is 13.0 Å². The SMILES string of the molecule is CCOc1ccc(N2C(=O)Cc3ccccc32)cc1. The van der Waals surface area contributed by atoms with Gasteiger partial charge in [0.2, 0.25) is 5.91 Å². The summed E-state index contributed by atoms with van der Waals surface area (Å²) in [6.07, 6.45) is 0.476. The van der Waals surface area contributed by atoms with Gasteiger partial charge in [-0.1, -0.05) is 18.2 Å². The Morgan fingerprint density at radius 1 is 1.11 bits per heavy atom. The normalized spacial score (nSPS) is 13.5. The highest BCUT2D eigenvalue weighted by atomic mass is 16.5. The Balaban J connectivity index is 1.96. The summed E-state index contributed by atoms with van der Waals surface area (Å²) >= 11 is 0. The van der Waals surface area contributed by atoms with Crippen LogP contribution in [0.5, 0.6) is 5.75 Å². The summed E-state index contributed by atoms with van der Waals surface area (Å²) < 4.78 is 5.42. The second-order valence-corrected chi connectivity index (χ2v) is 4.46. The van der Waals surface area contributed by atoms with Crippen LogP contribution in [-0.4, -0.2) is 12.5 Å². The van der Waals surface area contributed by atoms with E-state index in [1.807, 2.05) is 55.5 Å². The third kappa shape index (κ3) is 2.08. The Labute approximate surface area is 112 Å². The maximum Gasteiger partial charge on any atom is 0.236 e. The molecule has 0 unspecified atom stereocenters. The molecule has 0 aliphatic carbocycles. The van der Waals surface area contributed by atoms with Gasteiger partial charge in [-0.25, -0.2) is 0 Å². The van der Waals surface area contributed by atoms with Gasteiger partial charge in [0, 0.05) is 5.69 Å². The van der Waals surface area contributed by atoms with Crippen molar-refractivity contribution in [1.29, 1.82) is 0 Å². The fraction of sp³-hybridized carbons (Fsp3) is 0.188. The summed E-state index contributed by atoms with van der Waals surface area (Å²) in [6.45, 7) is 2.60. The van der Waals surface area contributed by atoms with E-state index < -0.39 is 0 Å². The quantitative estimate of drug-likeness (QED) is 0.840. The maximum atomic E-state index is 12.1. The lowest BCUT2D eigenvalue weighted by atomic mass is 10.2. The summed E-state index contributed by atoms with van der Waals surface area (Å²) in [7, 11) is 0. The first kappa shape index (κ1) is 11.8. The second-order valence-electron chi connectivity index (χ2n) is 4.46. The van der Waals surface area contributed by atoms with Crippen molar-refractivity contribution in [2.45, 2.75) is 13.3 Å². The molecule has 0 N–H and O–H groups in total. The number of rotatable bonds is 3. The zero-order valence-electron chi connectivity index (χ0n) is 10.8. The van der Waals surface area contributed by atoms with Crippen molar-refractivity contribution < 1.29 is 9.53 Å². The van der Waals surface area contributed by atoms with Crippen LogP contribution in [0.2, 0.25) is 0 Å². The van der Waals surface area contributed by atoms with Gasteiger partial charge in [-0.15, -0.1) is 0 Å². The van der Waals surface area contributed by atoms with Crippen LogP contribution in [0.25, 0.3) is 0 Å². The Morgan fingerprint density at radius 3 is 2.58 bits per heavy atom. The molecular weight excluding hydrogens is 238 g/mol. The van der Waals surface area contributed by atoms with Gasteiger partial charge in [-0.2, -0.15) is 0 Å². The highest BCUT2D eigenvalue weighted by Crippen LogP contribution is 2.35. The summed E-state index contributed by atoms with van der Waals surface area (Å²) in [5, 5.41) is 0. The van der Waals surface area contributed by atoms with Crippen LogP contribution in [0.1, 0.15) is 12.5 Å². The molecule has 0 fully saturated rings. The summed E-state index contributed by atoms with van der Waals surface area (Å²) in [5.74, 6) is 0.941. The van der Waals surface area contributed by atoms with Gasteiger partial charge in [-0.3, -0.25) is 9.69 Å². The molecule has 2 aromatic rings. The van der Waals surface area contributed by atoms with E-state index in [9.17, 15) is 4.79 Å². The molecule has 3 nitrogen and oxygen atoms in total. The molecule has 3 heteroatoms. The zero-order valence-corrected chi connectivity index (χ0v) is 10.8. The molecule has 0 saturated heterocycles. The van der Waals surface area contributed by atoms with Crippen molar-refractivity contribution in [3.05, 3.63) is 54.1 Å². The van der Waals surface area contributed by atoms with E-state index in [1.54, 1.807) is 4.90 Å². The first-order valence-electron chi connectivity index (χ1n) is 6.43.